The standard InChI is InChI=1S/C12H18N6/c1-4-18(5-2)12-14-9(7-11(13)15-12)10-6-8(3)16-17-10/h6-7H,4-5H2,1-3H3,(H,16,17)(H2,13,14,15). The molecule has 0 fully saturated rings. The average molecular weight is 246 g/mol. The molecular weight excluding hydrogens is 228 g/mol. The predicted molar refractivity (Wildman–Crippen MR) is 72.3 cm³/mol. The third-order valence-corrected chi connectivity index (χ3v) is 2.75. The van der Waals surface area contributed by atoms with Crippen LogP contribution in [0.3, 0.4) is 0 Å². The summed E-state index contributed by atoms with van der Waals surface area (Å²) in [6, 6.07) is 3.68. The van der Waals surface area contributed by atoms with E-state index in [0.29, 0.717) is 11.8 Å². The van der Waals surface area contributed by atoms with Gasteiger partial charge in [-0.3, -0.25) is 5.10 Å². The molecule has 0 unspecified atom stereocenters. The summed E-state index contributed by atoms with van der Waals surface area (Å²) in [6.45, 7) is 7.77. The number of aryl methyl sites for hydroxylation is 1. The molecule has 0 bridgehead atoms. The van der Waals surface area contributed by atoms with Crippen LogP contribution >= 0.6 is 0 Å². The Kier molecular flexibility index (Phi) is 3.45. The van der Waals surface area contributed by atoms with Gasteiger partial charge in [0.05, 0.1) is 5.69 Å². The summed E-state index contributed by atoms with van der Waals surface area (Å²) in [5.74, 6) is 1.11. The van der Waals surface area contributed by atoms with Gasteiger partial charge in [0.25, 0.3) is 0 Å². The second-order valence-electron chi connectivity index (χ2n) is 4.09. The molecule has 0 aliphatic carbocycles. The van der Waals surface area contributed by atoms with Gasteiger partial charge in [0.1, 0.15) is 11.5 Å². The number of aromatic nitrogens is 4. The van der Waals surface area contributed by atoms with E-state index >= 15 is 0 Å². The third kappa shape index (κ3) is 2.42. The van der Waals surface area contributed by atoms with Gasteiger partial charge in [-0.25, -0.2) is 4.98 Å². The highest BCUT2D eigenvalue weighted by atomic mass is 15.3. The first-order chi connectivity index (χ1) is 8.63. The number of anilines is 2. The van der Waals surface area contributed by atoms with Crippen LogP contribution < -0.4 is 10.6 Å². The van der Waals surface area contributed by atoms with Gasteiger partial charge in [0.2, 0.25) is 5.95 Å². The van der Waals surface area contributed by atoms with Crippen molar-refractivity contribution >= 4 is 11.8 Å². The highest BCUT2D eigenvalue weighted by Crippen LogP contribution is 2.20. The molecule has 0 aromatic carbocycles. The smallest absolute Gasteiger partial charge is 0.227 e. The minimum Gasteiger partial charge on any atom is -0.384 e. The fourth-order valence-corrected chi connectivity index (χ4v) is 1.78. The molecule has 0 aliphatic rings. The Labute approximate surface area is 106 Å². The van der Waals surface area contributed by atoms with E-state index < -0.39 is 0 Å². The van der Waals surface area contributed by atoms with Crippen LogP contribution in [0.5, 0.6) is 0 Å². The van der Waals surface area contributed by atoms with Gasteiger partial charge in [0, 0.05) is 24.8 Å². The zero-order chi connectivity index (χ0) is 13.1. The number of nitrogens with one attached hydrogen (secondary N) is 1. The summed E-state index contributed by atoms with van der Waals surface area (Å²) in [4.78, 5) is 10.8. The van der Waals surface area contributed by atoms with Crippen LogP contribution in [0.4, 0.5) is 11.8 Å². The first-order valence-electron chi connectivity index (χ1n) is 6.06. The molecule has 0 spiro atoms. The van der Waals surface area contributed by atoms with Gasteiger partial charge in [-0.15, -0.1) is 0 Å². The van der Waals surface area contributed by atoms with E-state index in [-0.39, 0.29) is 0 Å². The molecule has 6 nitrogen and oxygen atoms in total. The number of nitrogen functional groups attached to an aromatic ring is 1. The molecule has 0 amide bonds. The molecular formula is C12H18N6. The molecule has 2 rings (SSSR count). The predicted octanol–water partition coefficient (Wildman–Crippen LogP) is 1.60. The van der Waals surface area contributed by atoms with Gasteiger partial charge >= 0.3 is 0 Å². The maximum absolute atomic E-state index is 5.84. The van der Waals surface area contributed by atoms with E-state index in [4.69, 9.17) is 5.73 Å². The number of nitrogens with zero attached hydrogens (tertiary/aromatic N) is 4. The van der Waals surface area contributed by atoms with Crippen LogP contribution in [0.25, 0.3) is 11.4 Å². The van der Waals surface area contributed by atoms with Gasteiger partial charge in [-0.2, -0.15) is 10.1 Å². The molecule has 0 atom stereocenters. The van der Waals surface area contributed by atoms with Crippen molar-refractivity contribution in [2.45, 2.75) is 20.8 Å². The second-order valence-corrected chi connectivity index (χ2v) is 4.09. The number of rotatable bonds is 4. The van der Waals surface area contributed by atoms with Crippen LogP contribution in [0.2, 0.25) is 0 Å². The summed E-state index contributed by atoms with van der Waals surface area (Å²) >= 11 is 0. The van der Waals surface area contributed by atoms with E-state index in [9.17, 15) is 0 Å². The first-order valence-corrected chi connectivity index (χ1v) is 6.06. The Morgan fingerprint density at radius 1 is 1.17 bits per heavy atom. The van der Waals surface area contributed by atoms with E-state index in [0.717, 1.165) is 30.2 Å². The monoisotopic (exact) mass is 246 g/mol. The summed E-state index contributed by atoms with van der Waals surface area (Å²) in [5, 5.41) is 7.09. The van der Waals surface area contributed by atoms with Gasteiger partial charge < -0.3 is 10.6 Å². The minimum absolute atomic E-state index is 0.461. The number of hydrogen-bond acceptors (Lipinski definition) is 5. The van der Waals surface area contributed by atoms with Gasteiger partial charge in [0.15, 0.2) is 0 Å². The first kappa shape index (κ1) is 12.3. The third-order valence-electron chi connectivity index (χ3n) is 2.75. The van der Waals surface area contributed by atoms with Gasteiger partial charge in [-0.05, 0) is 26.8 Å². The van der Waals surface area contributed by atoms with E-state index in [1.807, 2.05) is 13.0 Å². The summed E-state index contributed by atoms with van der Waals surface area (Å²) in [5.41, 5.74) is 8.36. The number of aromatic amines is 1. The summed E-state index contributed by atoms with van der Waals surface area (Å²) in [7, 11) is 0. The Bertz CT molecular complexity index is 529. The second kappa shape index (κ2) is 5.03. The quantitative estimate of drug-likeness (QED) is 0.856. The topological polar surface area (TPSA) is 83.7 Å². The molecule has 0 saturated carbocycles. The van der Waals surface area contributed by atoms with E-state index in [1.54, 1.807) is 6.07 Å². The summed E-state index contributed by atoms with van der Waals surface area (Å²) in [6.07, 6.45) is 0. The lowest BCUT2D eigenvalue weighted by atomic mass is 10.3. The minimum atomic E-state index is 0.461. The SMILES string of the molecule is CCN(CC)c1nc(N)cc(-c2cc(C)[nH]n2)n1. The molecule has 2 heterocycles. The maximum atomic E-state index is 5.84. The van der Waals surface area contributed by atoms with Crippen LogP contribution in [0, 0.1) is 6.92 Å². The lowest BCUT2D eigenvalue weighted by molar-refractivity contribution is 0.823. The zero-order valence-electron chi connectivity index (χ0n) is 10.9. The molecule has 0 saturated heterocycles. The molecule has 6 heteroatoms. The Hall–Kier alpha value is -2.11. The van der Waals surface area contributed by atoms with Crippen LogP contribution in [-0.2, 0) is 0 Å². The Morgan fingerprint density at radius 3 is 2.44 bits per heavy atom. The van der Waals surface area contributed by atoms with Crippen molar-refractivity contribution < 1.29 is 0 Å². The van der Waals surface area contributed by atoms with Crippen molar-refractivity contribution in [3.63, 3.8) is 0 Å². The highest BCUT2D eigenvalue weighted by molar-refractivity contribution is 5.60. The van der Waals surface area contributed by atoms with Crippen LogP contribution in [0.1, 0.15) is 19.5 Å². The van der Waals surface area contributed by atoms with Crippen molar-refractivity contribution in [1.82, 2.24) is 20.2 Å². The molecule has 0 radical (unpaired) electrons. The van der Waals surface area contributed by atoms with Crippen molar-refractivity contribution in [2.75, 3.05) is 23.7 Å². The molecule has 0 aliphatic heterocycles. The zero-order valence-corrected chi connectivity index (χ0v) is 10.9. The van der Waals surface area contributed by atoms with E-state index in [2.05, 4.69) is 38.9 Å². The molecule has 3 N–H and O–H groups in total. The Balaban J connectivity index is 2.43. The van der Waals surface area contributed by atoms with E-state index in [1.165, 1.54) is 0 Å². The lowest BCUT2D eigenvalue weighted by Gasteiger charge is -2.18. The highest BCUT2D eigenvalue weighted by Gasteiger charge is 2.11. The van der Waals surface area contributed by atoms with Crippen molar-refractivity contribution in [1.29, 1.82) is 0 Å². The van der Waals surface area contributed by atoms with Crippen LogP contribution in [-0.4, -0.2) is 33.3 Å². The fraction of sp³-hybridized carbons (Fsp3) is 0.417. The number of nitrogens with two attached hydrogens (primary N) is 1. The van der Waals surface area contributed by atoms with Gasteiger partial charge in [-0.1, -0.05) is 0 Å². The molecule has 2 aromatic heterocycles. The average Bonchev–Trinajstić information content (AvgIpc) is 2.77. The van der Waals surface area contributed by atoms with Crippen molar-refractivity contribution in [3.8, 4) is 11.4 Å². The number of hydrogen-bond donors (Lipinski definition) is 2. The fourth-order valence-electron chi connectivity index (χ4n) is 1.78. The van der Waals surface area contributed by atoms with Crippen LogP contribution in [0.15, 0.2) is 12.1 Å². The number of H-pyrrole nitrogens is 1. The normalized spacial score (nSPS) is 10.6. The Morgan fingerprint density at radius 2 is 1.89 bits per heavy atom. The lowest BCUT2D eigenvalue weighted by Crippen LogP contribution is -2.24. The maximum Gasteiger partial charge on any atom is 0.227 e. The summed E-state index contributed by atoms with van der Waals surface area (Å²) < 4.78 is 0. The molecule has 96 valence electrons. The molecule has 18 heavy (non-hydrogen) atoms. The largest absolute Gasteiger partial charge is 0.384 e. The van der Waals surface area contributed by atoms with Crippen molar-refractivity contribution in [3.05, 3.63) is 17.8 Å². The van der Waals surface area contributed by atoms with Crippen molar-refractivity contribution in [2.24, 2.45) is 0 Å². The molecule has 2 aromatic rings.